The lowest BCUT2D eigenvalue weighted by molar-refractivity contribution is 0.324. The number of pyridine rings is 2. The lowest BCUT2D eigenvalue weighted by atomic mass is 10.2. The summed E-state index contributed by atoms with van der Waals surface area (Å²) in [6, 6.07) is 18.0. The normalized spacial score (nSPS) is 12.1. The van der Waals surface area contributed by atoms with Crippen molar-refractivity contribution in [1.82, 2.24) is 39.0 Å². The third kappa shape index (κ3) is 9.70. The summed E-state index contributed by atoms with van der Waals surface area (Å²) in [5.74, 6) is 3.75. The molecule has 0 bridgehead atoms. The van der Waals surface area contributed by atoms with Crippen LogP contribution >= 0.6 is 0 Å². The number of benzene rings is 1. The number of ether oxygens (including phenoxy) is 3. The van der Waals surface area contributed by atoms with Crippen LogP contribution in [0, 0.1) is 6.92 Å². The second kappa shape index (κ2) is 20.4. The molecule has 1 saturated carbocycles. The molecule has 6 aromatic heterocycles. The number of hydrogen-bond acceptors (Lipinski definition) is 11. The molecule has 0 spiro atoms. The first kappa shape index (κ1) is 40.9. The Bertz CT molecular complexity index is 2230. The van der Waals surface area contributed by atoms with Crippen LogP contribution in [0.5, 0.6) is 17.2 Å². The maximum absolute atomic E-state index is 5.41. The predicted molar refractivity (Wildman–Crippen MR) is 224 cm³/mol. The fourth-order valence-corrected chi connectivity index (χ4v) is 6.51. The number of nitrogens with zero attached hydrogens (tertiary/aromatic N) is 8. The van der Waals surface area contributed by atoms with Crippen LogP contribution in [-0.4, -0.2) is 60.4 Å². The van der Waals surface area contributed by atoms with Gasteiger partial charge in [-0.25, -0.2) is 15.0 Å². The molecule has 13 heteroatoms. The van der Waals surface area contributed by atoms with Crippen molar-refractivity contribution in [2.45, 2.75) is 79.4 Å². The molecule has 1 fully saturated rings. The van der Waals surface area contributed by atoms with E-state index in [9.17, 15) is 0 Å². The van der Waals surface area contributed by atoms with Crippen LogP contribution in [0.2, 0.25) is 0 Å². The van der Waals surface area contributed by atoms with Crippen molar-refractivity contribution >= 4 is 34.0 Å². The monoisotopic (exact) mass is 758 g/mol. The minimum atomic E-state index is 0.493. The summed E-state index contributed by atoms with van der Waals surface area (Å²) in [5.41, 5.74) is 5.02. The Morgan fingerprint density at radius 2 is 1.36 bits per heavy atom. The Hall–Kier alpha value is -6.24. The fourth-order valence-electron chi connectivity index (χ4n) is 6.51. The molecule has 0 saturated heterocycles. The van der Waals surface area contributed by atoms with E-state index >= 15 is 0 Å². The third-order valence-corrected chi connectivity index (χ3v) is 9.14. The van der Waals surface area contributed by atoms with Crippen LogP contribution < -0.4 is 24.8 Å². The minimum Gasteiger partial charge on any atom is -0.493 e. The van der Waals surface area contributed by atoms with Crippen LogP contribution in [0.15, 0.2) is 91.8 Å². The van der Waals surface area contributed by atoms with Gasteiger partial charge in [-0.1, -0.05) is 52.7 Å². The molecular weight excluding hydrogens is 705 g/mol. The molecule has 1 aliphatic carbocycles. The van der Waals surface area contributed by atoms with Gasteiger partial charge in [-0.2, -0.15) is 9.97 Å². The Labute approximate surface area is 329 Å². The van der Waals surface area contributed by atoms with E-state index in [0.29, 0.717) is 48.3 Å². The van der Waals surface area contributed by atoms with Crippen LogP contribution in [0.25, 0.3) is 27.9 Å². The molecule has 1 aromatic carbocycles. The second-order valence-corrected chi connectivity index (χ2v) is 12.5. The van der Waals surface area contributed by atoms with Gasteiger partial charge in [0.1, 0.15) is 11.5 Å². The zero-order valence-corrected chi connectivity index (χ0v) is 33.8. The fraction of sp³-hybridized carbons (Fsp3) is 0.349. The van der Waals surface area contributed by atoms with E-state index in [4.69, 9.17) is 19.2 Å². The summed E-state index contributed by atoms with van der Waals surface area (Å²) < 4.78 is 20.5. The molecule has 0 amide bonds. The van der Waals surface area contributed by atoms with Gasteiger partial charge < -0.3 is 29.4 Å². The molecule has 0 radical (unpaired) electrons. The van der Waals surface area contributed by atoms with Gasteiger partial charge in [0.25, 0.3) is 0 Å². The van der Waals surface area contributed by atoms with E-state index in [1.165, 1.54) is 31.2 Å². The molecule has 13 nitrogen and oxygen atoms in total. The average Bonchev–Trinajstić information content (AvgIpc) is 4.03. The van der Waals surface area contributed by atoms with E-state index in [1.807, 2.05) is 99.3 Å². The lowest BCUT2D eigenvalue weighted by Gasteiger charge is -2.14. The summed E-state index contributed by atoms with van der Waals surface area (Å²) in [6.07, 6.45) is 16.6. The SMILES string of the molecule is CC.CC.COc1cc(CNc2ncc3ccn(-c4ccccn4)c3n2)cc(OC)c1OC.Cc1cn(C2CCCC2)c2nc(NCc3ccccn3)ncc12. The van der Waals surface area contributed by atoms with E-state index in [1.54, 1.807) is 39.9 Å². The molecule has 2 N–H and O–H groups in total. The Balaban J connectivity index is 0.000000201. The summed E-state index contributed by atoms with van der Waals surface area (Å²) in [6.45, 7) is 11.3. The predicted octanol–water partition coefficient (Wildman–Crippen LogP) is 9.37. The minimum absolute atomic E-state index is 0.493. The molecular formula is C43H54N10O3. The number of aromatic nitrogens is 8. The maximum Gasteiger partial charge on any atom is 0.224 e. The van der Waals surface area contributed by atoms with Gasteiger partial charge in [-0.05, 0) is 73.4 Å². The van der Waals surface area contributed by atoms with E-state index in [2.05, 4.69) is 53.2 Å². The van der Waals surface area contributed by atoms with E-state index < -0.39 is 0 Å². The van der Waals surface area contributed by atoms with Crippen molar-refractivity contribution in [3.63, 3.8) is 0 Å². The lowest BCUT2D eigenvalue weighted by Crippen LogP contribution is -2.07. The molecule has 0 unspecified atom stereocenters. The van der Waals surface area contributed by atoms with Crippen LogP contribution in [-0.2, 0) is 13.1 Å². The molecule has 8 rings (SSSR count). The average molecular weight is 759 g/mol. The van der Waals surface area contributed by atoms with Crippen LogP contribution in [0.3, 0.4) is 0 Å². The van der Waals surface area contributed by atoms with E-state index in [0.717, 1.165) is 39.1 Å². The summed E-state index contributed by atoms with van der Waals surface area (Å²) in [7, 11) is 4.77. The van der Waals surface area contributed by atoms with Gasteiger partial charge in [0, 0.05) is 60.5 Å². The van der Waals surface area contributed by atoms with Crippen molar-refractivity contribution in [2.24, 2.45) is 0 Å². The standard InChI is InChI=1S/C21H21N5O3.C18H21N5.2C2H6/c1-27-16-10-14(11-17(28-2)19(16)29-3)12-23-21-24-13-15-7-9-26(20(15)25-21)18-6-4-5-8-22-18;1-13-12-23(15-7-2-3-8-15)17-16(13)11-21-18(22-17)20-10-14-6-4-5-9-19-14;2*1-2/h4-11,13H,12H2,1-3H3,(H,23,24,25);4-6,9,11-12,15H,2-3,7-8,10H2,1H3,(H,20,21,22);2*1-2H3. The topological polar surface area (TPSA) is 139 Å². The third-order valence-electron chi connectivity index (χ3n) is 9.14. The molecule has 0 aliphatic heterocycles. The Morgan fingerprint density at radius 1 is 0.714 bits per heavy atom. The number of hydrogen-bond donors (Lipinski definition) is 2. The molecule has 6 heterocycles. The summed E-state index contributed by atoms with van der Waals surface area (Å²) >= 11 is 0. The first-order valence-electron chi connectivity index (χ1n) is 19.3. The zero-order chi connectivity index (χ0) is 39.9. The first-order valence-corrected chi connectivity index (χ1v) is 19.3. The molecule has 7 aromatic rings. The Kier molecular flexibility index (Phi) is 14.9. The number of aryl methyl sites for hydroxylation is 1. The van der Waals surface area contributed by atoms with Crippen molar-refractivity contribution in [3.8, 4) is 23.1 Å². The summed E-state index contributed by atoms with van der Waals surface area (Å²) in [4.78, 5) is 27.0. The molecule has 1 aliphatic rings. The quantitative estimate of drug-likeness (QED) is 0.130. The first-order chi connectivity index (χ1) is 27.5. The summed E-state index contributed by atoms with van der Waals surface area (Å²) in [5, 5.41) is 8.63. The van der Waals surface area contributed by atoms with Gasteiger partial charge in [0.2, 0.25) is 17.6 Å². The molecule has 294 valence electrons. The van der Waals surface area contributed by atoms with Crippen LogP contribution in [0.4, 0.5) is 11.9 Å². The maximum atomic E-state index is 5.41. The molecule has 0 atom stereocenters. The van der Waals surface area contributed by atoms with Crippen molar-refractivity contribution in [1.29, 1.82) is 0 Å². The smallest absolute Gasteiger partial charge is 0.224 e. The number of fused-ring (bicyclic) bond motifs is 2. The van der Waals surface area contributed by atoms with Gasteiger partial charge in [0.15, 0.2) is 17.1 Å². The van der Waals surface area contributed by atoms with Crippen LogP contribution in [0.1, 0.15) is 76.2 Å². The van der Waals surface area contributed by atoms with Crippen molar-refractivity contribution in [2.75, 3.05) is 32.0 Å². The van der Waals surface area contributed by atoms with Gasteiger partial charge >= 0.3 is 0 Å². The van der Waals surface area contributed by atoms with Gasteiger partial charge in [-0.15, -0.1) is 0 Å². The highest BCUT2D eigenvalue weighted by Crippen LogP contribution is 2.38. The van der Waals surface area contributed by atoms with Gasteiger partial charge in [-0.3, -0.25) is 9.55 Å². The number of nitrogens with one attached hydrogen (secondary N) is 2. The van der Waals surface area contributed by atoms with Gasteiger partial charge in [0.05, 0.1) is 33.6 Å². The van der Waals surface area contributed by atoms with Crippen molar-refractivity contribution in [3.05, 3.63) is 109 Å². The van der Waals surface area contributed by atoms with E-state index in [-0.39, 0.29) is 0 Å². The zero-order valence-electron chi connectivity index (χ0n) is 33.8. The number of methoxy groups -OCH3 is 3. The Morgan fingerprint density at radius 3 is 1.98 bits per heavy atom. The highest BCUT2D eigenvalue weighted by Gasteiger charge is 2.20. The second-order valence-electron chi connectivity index (χ2n) is 12.5. The largest absolute Gasteiger partial charge is 0.493 e. The highest BCUT2D eigenvalue weighted by molar-refractivity contribution is 5.80. The number of rotatable bonds is 11. The van der Waals surface area contributed by atoms with Crippen molar-refractivity contribution < 1.29 is 14.2 Å². The highest BCUT2D eigenvalue weighted by atomic mass is 16.5. The number of anilines is 2. The molecule has 56 heavy (non-hydrogen) atoms.